The summed E-state index contributed by atoms with van der Waals surface area (Å²) in [5, 5.41) is 0. The maximum atomic E-state index is 5.81. The Kier molecular flexibility index (Phi) is 4.35. The van der Waals surface area contributed by atoms with Gasteiger partial charge in [0.2, 0.25) is 0 Å². The number of amidine groups is 1. The summed E-state index contributed by atoms with van der Waals surface area (Å²) in [5.74, 6) is 1.90. The summed E-state index contributed by atoms with van der Waals surface area (Å²) < 4.78 is 5.81. The van der Waals surface area contributed by atoms with Crippen molar-refractivity contribution in [2.75, 3.05) is 27.7 Å². The number of ether oxygens (including phenoxy) is 1. The maximum Gasteiger partial charge on any atom is 0.145 e. The van der Waals surface area contributed by atoms with Crippen molar-refractivity contribution in [1.82, 2.24) is 4.90 Å². The number of hydrogen-bond donors (Lipinski definition) is 0. The highest BCUT2D eigenvalue weighted by Gasteiger charge is 2.06. The molecule has 3 nitrogen and oxygen atoms in total. The number of benzene rings is 1. The minimum atomic E-state index is 0.509. The quantitative estimate of drug-likeness (QED) is 0.576. The third kappa shape index (κ3) is 2.99. The Morgan fingerprint density at radius 1 is 1.25 bits per heavy atom. The van der Waals surface area contributed by atoms with Crippen LogP contribution in [0.3, 0.4) is 0 Å². The molecule has 1 aromatic carbocycles. The Bertz CT molecular complexity index is 363. The lowest BCUT2D eigenvalue weighted by molar-refractivity contribution is 0.354. The Labute approximate surface area is 97.8 Å². The Balaban J connectivity index is 2.75. The van der Waals surface area contributed by atoms with Gasteiger partial charge in [-0.1, -0.05) is 18.2 Å². The number of likely N-dealkylation sites (N-methyl/N-ethyl adjacent to an activating group) is 1. The Hall–Kier alpha value is -1.51. The average molecular weight is 220 g/mol. The number of para-hydroxylation sites is 1. The Morgan fingerprint density at radius 2 is 1.81 bits per heavy atom. The summed E-state index contributed by atoms with van der Waals surface area (Å²) in [5.41, 5.74) is 2.32. The lowest BCUT2D eigenvalue weighted by atomic mass is 10.1. The highest BCUT2D eigenvalue weighted by Crippen LogP contribution is 2.22. The molecule has 1 aromatic rings. The molecule has 0 bridgehead atoms. The fraction of sp³-hybridized carbons (Fsp3) is 0.462. The van der Waals surface area contributed by atoms with Crippen molar-refractivity contribution in [3.8, 4) is 5.75 Å². The van der Waals surface area contributed by atoms with Gasteiger partial charge in [-0.2, -0.15) is 0 Å². The molecule has 88 valence electrons. The molecule has 1 rings (SSSR count). The molecule has 0 amide bonds. The van der Waals surface area contributed by atoms with Crippen LogP contribution >= 0.6 is 0 Å². The molecular formula is C13H20N2O. The predicted octanol–water partition coefficient (Wildman–Crippen LogP) is 2.27. The van der Waals surface area contributed by atoms with Gasteiger partial charge >= 0.3 is 0 Å². The Morgan fingerprint density at radius 3 is 2.25 bits per heavy atom. The number of nitrogens with zero attached hydrogens (tertiary/aromatic N) is 2. The molecule has 0 aliphatic heterocycles. The first-order valence-corrected chi connectivity index (χ1v) is 5.38. The molecule has 0 unspecified atom stereocenters. The monoisotopic (exact) mass is 220 g/mol. The molecule has 0 N–H and O–H groups in total. The van der Waals surface area contributed by atoms with E-state index in [9.17, 15) is 0 Å². The molecule has 0 saturated carbocycles. The maximum absolute atomic E-state index is 5.81. The highest BCUT2D eigenvalue weighted by atomic mass is 16.5. The van der Waals surface area contributed by atoms with E-state index in [-0.39, 0.29) is 0 Å². The SMILES string of the molecule is CN=C(COc1c(C)cccc1C)N(C)C. The summed E-state index contributed by atoms with van der Waals surface area (Å²) >= 11 is 0. The molecule has 0 saturated heterocycles. The van der Waals surface area contributed by atoms with Gasteiger partial charge in [0, 0.05) is 21.1 Å². The molecule has 0 aliphatic rings. The van der Waals surface area contributed by atoms with Gasteiger partial charge in [0.15, 0.2) is 0 Å². The van der Waals surface area contributed by atoms with E-state index in [1.54, 1.807) is 7.05 Å². The third-order valence-corrected chi connectivity index (χ3v) is 2.53. The van der Waals surface area contributed by atoms with Gasteiger partial charge in [0.05, 0.1) is 0 Å². The largest absolute Gasteiger partial charge is 0.485 e. The van der Waals surface area contributed by atoms with E-state index in [1.807, 2.05) is 25.1 Å². The molecule has 0 aromatic heterocycles. The van der Waals surface area contributed by atoms with E-state index in [0.29, 0.717) is 6.61 Å². The van der Waals surface area contributed by atoms with Crippen molar-refractivity contribution in [3.63, 3.8) is 0 Å². The van der Waals surface area contributed by atoms with Crippen LogP contribution in [0.5, 0.6) is 5.75 Å². The number of rotatable bonds is 3. The van der Waals surface area contributed by atoms with Crippen LogP contribution in [0, 0.1) is 13.8 Å². The van der Waals surface area contributed by atoms with E-state index < -0.39 is 0 Å². The zero-order chi connectivity index (χ0) is 12.1. The normalized spacial score (nSPS) is 11.4. The van der Waals surface area contributed by atoms with E-state index in [1.165, 1.54) is 0 Å². The topological polar surface area (TPSA) is 24.8 Å². The second-order valence-corrected chi connectivity index (χ2v) is 4.04. The van der Waals surface area contributed by atoms with Crippen molar-refractivity contribution in [1.29, 1.82) is 0 Å². The molecule has 0 aliphatic carbocycles. The van der Waals surface area contributed by atoms with E-state index in [0.717, 1.165) is 22.7 Å². The molecule has 0 atom stereocenters. The first-order valence-electron chi connectivity index (χ1n) is 5.38. The minimum absolute atomic E-state index is 0.509. The van der Waals surface area contributed by atoms with Crippen molar-refractivity contribution in [2.24, 2.45) is 4.99 Å². The van der Waals surface area contributed by atoms with Crippen LogP contribution in [-0.4, -0.2) is 38.5 Å². The minimum Gasteiger partial charge on any atom is -0.485 e. The number of aliphatic imine (C=N–C) groups is 1. The van der Waals surface area contributed by atoms with E-state index in [4.69, 9.17) is 4.74 Å². The highest BCUT2D eigenvalue weighted by molar-refractivity contribution is 5.83. The van der Waals surface area contributed by atoms with Gasteiger partial charge < -0.3 is 9.64 Å². The van der Waals surface area contributed by atoms with Gasteiger partial charge in [0.1, 0.15) is 18.2 Å². The summed E-state index contributed by atoms with van der Waals surface area (Å²) in [6.45, 7) is 4.62. The predicted molar refractivity (Wildman–Crippen MR) is 68.5 cm³/mol. The summed E-state index contributed by atoms with van der Waals surface area (Å²) in [6, 6.07) is 6.15. The zero-order valence-corrected chi connectivity index (χ0v) is 10.7. The third-order valence-electron chi connectivity index (χ3n) is 2.53. The van der Waals surface area contributed by atoms with E-state index >= 15 is 0 Å². The number of hydrogen-bond acceptors (Lipinski definition) is 2. The fourth-order valence-electron chi connectivity index (χ4n) is 1.56. The van der Waals surface area contributed by atoms with Crippen LogP contribution < -0.4 is 4.74 Å². The standard InChI is InChI=1S/C13H20N2O/c1-10-7-6-8-11(2)13(10)16-9-12(14-3)15(4)5/h6-8H,9H2,1-5H3. The van der Waals surface area contributed by atoms with Crippen LogP contribution in [0.1, 0.15) is 11.1 Å². The van der Waals surface area contributed by atoms with Gasteiger partial charge in [0.25, 0.3) is 0 Å². The van der Waals surface area contributed by atoms with Gasteiger partial charge in [-0.15, -0.1) is 0 Å². The fourth-order valence-corrected chi connectivity index (χ4v) is 1.56. The smallest absolute Gasteiger partial charge is 0.145 e. The zero-order valence-electron chi connectivity index (χ0n) is 10.7. The molecule has 0 radical (unpaired) electrons. The van der Waals surface area contributed by atoms with Crippen molar-refractivity contribution < 1.29 is 4.74 Å². The van der Waals surface area contributed by atoms with E-state index in [2.05, 4.69) is 31.0 Å². The lowest BCUT2D eigenvalue weighted by Gasteiger charge is -2.17. The van der Waals surface area contributed by atoms with Crippen molar-refractivity contribution in [3.05, 3.63) is 29.3 Å². The van der Waals surface area contributed by atoms with Crippen LogP contribution in [0.4, 0.5) is 0 Å². The first-order chi connectivity index (χ1) is 7.56. The molecule has 3 heteroatoms. The second kappa shape index (κ2) is 5.54. The summed E-state index contributed by atoms with van der Waals surface area (Å²) in [6.07, 6.45) is 0. The van der Waals surface area contributed by atoms with Crippen LogP contribution in [-0.2, 0) is 0 Å². The van der Waals surface area contributed by atoms with Crippen molar-refractivity contribution >= 4 is 5.84 Å². The first kappa shape index (κ1) is 12.6. The molecule has 0 heterocycles. The van der Waals surface area contributed by atoms with Gasteiger partial charge in [-0.05, 0) is 25.0 Å². The van der Waals surface area contributed by atoms with Gasteiger partial charge in [-0.25, -0.2) is 0 Å². The summed E-state index contributed by atoms with van der Waals surface area (Å²) in [7, 11) is 5.72. The molecule has 16 heavy (non-hydrogen) atoms. The van der Waals surface area contributed by atoms with Crippen molar-refractivity contribution in [2.45, 2.75) is 13.8 Å². The molecule has 0 fully saturated rings. The van der Waals surface area contributed by atoms with Crippen LogP contribution in [0.15, 0.2) is 23.2 Å². The summed E-state index contributed by atoms with van der Waals surface area (Å²) in [4.78, 5) is 6.15. The van der Waals surface area contributed by atoms with Crippen LogP contribution in [0.2, 0.25) is 0 Å². The average Bonchev–Trinajstić information content (AvgIpc) is 2.22. The molecule has 0 spiro atoms. The second-order valence-electron chi connectivity index (χ2n) is 4.04. The van der Waals surface area contributed by atoms with Crippen LogP contribution in [0.25, 0.3) is 0 Å². The lowest BCUT2D eigenvalue weighted by Crippen LogP contribution is -2.28. The van der Waals surface area contributed by atoms with Gasteiger partial charge in [-0.3, -0.25) is 4.99 Å². The molecular weight excluding hydrogens is 200 g/mol. The number of aryl methyl sites for hydroxylation is 2.